The molecule has 2 aromatic rings. The zero-order valence-corrected chi connectivity index (χ0v) is 7.75. The van der Waals surface area contributed by atoms with Crippen molar-refractivity contribution in [2.75, 3.05) is 7.11 Å². The van der Waals surface area contributed by atoms with Gasteiger partial charge in [0.2, 0.25) is 5.89 Å². The van der Waals surface area contributed by atoms with E-state index in [-0.39, 0.29) is 0 Å². The van der Waals surface area contributed by atoms with Gasteiger partial charge in [0, 0.05) is 7.11 Å². The van der Waals surface area contributed by atoms with Gasteiger partial charge in [-0.05, 0) is 0 Å². The molecule has 0 aliphatic heterocycles. The van der Waals surface area contributed by atoms with E-state index in [4.69, 9.17) is 9.15 Å². The third-order valence-corrected chi connectivity index (χ3v) is 1.63. The average Bonchev–Trinajstić information content (AvgIpc) is 2.79. The van der Waals surface area contributed by atoms with Crippen LogP contribution in [0.5, 0.6) is 0 Å². The summed E-state index contributed by atoms with van der Waals surface area (Å²) in [6.07, 6.45) is 4.79. The normalized spacial score (nSPS) is 10.6. The highest BCUT2D eigenvalue weighted by Crippen LogP contribution is 2.03. The monoisotopic (exact) mass is 194 g/mol. The molecule has 2 aromatic heterocycles. The highest BCUT2D eigenvalue weighted by molar-refractivity contribution is 4.94. The van der Waals surface area contributed by atoms with Crippen LogP contribution in [0, 0.1) is 0 Å². The Kier molecular flexibility index (Phi) is 2.55. The van der Waals surface area contributed by atoms with Crippen molar-refractivity contribution in [1.82, 2.24) is 20.0 Å². The minimum absolute atomic E-state index is 0.441. The SMILES string of the molecule is COCc1coc(Cn2nccn2)n1. The molecule has 2 heterocycles. The van der Waals surface area contributed by atoms with Crippen LogP contribution in [0.3, 0.4) is 0 Å². The van der Waals surface area contributed by atoms with Gasteiger partial charge < -0.3 is 9.15 Å². The molecule has 0 saturated heterocycles. The minimum Gasteiger partial charge on any atom is -0.446 e. The highest BCUT2D eigenvalue weighted by atomic mass is 16.5. The molecule has 0 radical (unpaired) electrons. The number of rotatable bonds is 4. The maximum Gasteiger partial charge on any atom is 0.217 e. The molecule has 0 N–H and O–H groups in total. The molecule has 14 heavy (non-hydrogen) atoms. The zero-order valence-electron chi connectivity index (χ0n) is 7.75. The Morgan fingerprint density at radius 1 is 1.43 bits per heavy atom. The molecule has 0 amide bonds. The van der Waals surface area contributed by atoms with Gasteiger partial charge in [-0.15, -0.1) is 0 Å². The third-order valence-electron chi connectivity index (χ3n) is 1.63. The second-order valence-electron chi connectivity index (χ2n) is 2.73. The third kappa shape index (κ3) is 1.97. The number of hydrogen-bond acceptors (Lipinski definition) is 5. The lowest BCUT2D eigenvalue weighted by molar-refractivity contribution is 0.181. The van der Waals surface area contributed by atoms with Gasteiger partial charge in [0.1, 0.15) is 18.5 Å². The van der Waals surface area contributed by atoms with Gasteiger partial charge in [0.25, 0.3) is 0 Å². The standard InChI is InChI=1S/C8H10N4O2/c1-13-5-7-6-14-8(11-7)4-12-9-2-3-10-12/h2-3,6H,4-5H2,1H3. The van der Waals surface area contributed by atoms with Gasteiger partial charge in [-0.1, -0.05) is 0 Å². The summed E-state index contributed by atoms with van der Waals surface area (Å²) in [5.74, 6) is 0.577. The first-order valence-corrected chi connectivity index (χ1v) is 4.15. The fourth-order valence-corrected chi connectivity index (χ4v) is 1.08. The van der Waals surface area contributed by atoms with Crippen LogP contribution in [0.1, 0.15) is 11.6 Å². The summed E-state index contributed by atoms with van der Waals surface area (Å²) in [5.41, 5.74) is 0.773. The molecule has 0 aliphatic rings. The van der Waals surface area contributed by atoms with E-state index < -0.39 is 0 Å². The molecular formula is C8H10N4O2. The van der Waals surface area contributed by atoms with Crippen molar-refractivity contribution in [3.8, 4) is 0 Å². The van der Waals surface area contributed by atoms with Gasteiger partial charge in [-0.25, -0.2) is 4.98 Å². The minimum atomic E-state index is 0.441. The van der Waals surface area contributed by atoms with E-state index in [9.17, 15) is 0 Å². The van der Waals surface area contributed by atoms with Gasteiger partial charge in [-0.2, -0.15) is 15.0 Å². The van der Waals surface area contributed by atoms with Crippen LogP contribution in [0.15, 0.2) is 23.1 Å². The lowest BCUT2D eigenvalue weighted by Crippen LogP contribution is -2.03. The van der Waals surface area contributed by atoms with Gasteiger partial charge >= 0.3 is 0 Å². The number of methoxy groups -OCH3 is 1. The largest absolute Gasteiger partial charge is 0.446 e. The van der Waals surface area contributed by atoms with Crippen LogP contribution in [0.4, 0.5) is 0 Å². The molecule has 0 saturated carbocycles. The van der Waals surface area contributed by atoms with E-state index in [2.05, 4.69) is 15.2 Å². The average molecular weight is 194 g/mol. The van der Waals surface area contributed by atoms with E-state index in [0.717, 1.165) is 5.69 Å². The smallest absolute Gasteiger partial charge is 0.217 e. The predicted octanol–water partition coefficient (Wildman–Crippen LogP) is 0.461. The van der Waals surface area contributed by atoms with E-state index in [1.807, 2.05) is 0 Å². The van der Waals surface area contributed by atoms with Crippen LogP contribution >= 0.6 is 0 Å². The first kappa shape index (κ1) is 8.89. The van der Waals surface area contributed by atoms with Crippen LogP contribution < -0.4 is 0 Å². The Morgan fingerprint density at radius 2 is 2.21 bits per heavy atom. The van der Waals surface area contributed by atoms with E-state index in [1.165, 1.54) is 4.80 Å². The van der Waals surface area contributed by atoms with Crippen LogP contribution in [-0.4, -0.2) is 27.1 Å². The molecule has 0 aromatic carbocycles. The molecule has 0 aliphatic carbocycles. The summed E-state index contributed by atoms with van der Waals surface area (Å²) in [4.78, 5) is 5.68. The van der Waals surface area contributed by atoms with E-state index >= 15 is 0 Å². The van der Waals surface area contributed by atoms with Crippen molar-refractivity contribution in [1.29, 1.82) is 0 Å². The first-order valence-electron chi connectivity index (χ1n) is 4.15. The molecule has 0 fully saturated rings. The molecule has 74 valence electrons. The molecule has 0 unspecified atom stereocenters. The number of hydrogen-bond donors (Lipinski definition) is 0. The highest BCUT2D eigenvalue weighted by Gasteiger charge is 2.04. The topological polar surface area (TPSA) is 66.0 Å². The summed E-state index contributed by atoms with van der Waals surface area (Å²) >= 11 is 0. The Hall–Kier alpha value is -1.69. The van der Waals surface area contributed by atoms with Crippen molar-refractivity contribution >= 4 is 0 Å². The van der Waals surface area contributed by atoms with Crippen molar-refractivity contribution in [3.63, 3.8) is 0 Å². The number of aromatic nitrogens is 4. The summed E-state index contributed by atoms with van der Waals surface area (Å²) in [7, 11) is 1.61. The molecular weight excluding hydrogens is 184 g/mol. The fourth-order valence-electron chi connectivity index (χ4n) is 1.08. The van der Waals surface area contributed by atoms with Crippen molar-refractivity contribution in [2.45, 2.75) is 13.2 Å². The Bertz CT molecular complexity index is 382. The van der Waals surface area contributed by atoms with Crippen LogP contribution in [0.2, 0.25) is 0 Å². The number of oxazole rings is 1. The van der Waals surface area contributed by atoms with Gasteiger partial charge in [0.15, 0.2) is 0 Å². The summed E-state index contributed by atoms with van der Waals surface area (Å²) in [6.45, 7) is 0.896. The summed E-state index contributed by atoms with van der Waals surface area (Å²) < 4.78 is 10.1. The second kappa shape index (κ2) is 4.01. The molecule has 6 heteroatoms. The van der Waals surface area contributed by atoms with Crippen molar-refractivity contribution in [3.05, 3.63) is 30.2 Å². The molecule has 0 bridgehead atoms. The summed E-state index contributed by atoms with van der Waals surface area (Å²) in [5, 5.41) is 7.88. The Labute approximate surface area is 80.5 Å². The van der Waals surface area contributed by atoms with Crippen LogP contribution in [0.25, 0.3) is 0 Å². The quantitative estimate of drug-likeness (QED) is 0.707. The lowest BCUT2D eigenvalue weighted by Gasteiger charge is -1.92. The van der Waals surface area contributed by atoms with Crippen LogP contribution in [-0.2, 0) is 17.9 Å². The van der Waals surface area contributed by atoms with Gasteiger partial charge in [0.05, 0.1) is 19.0 Å². The lowest BCUT2D eigenvalue weighted by atomic mass is 10.5. The summed E-state index contributed by atoms with van der Waals surface area (Å²) in [6, 6.07) is 0. The first-order chi connectivity index (χ1) is 6.88. The molecule has 6 nitrogen and oxygen atoms in total. The maximum atomic E-state index is 5.20. The zero-order chi connectivity index (χ0) is 9.80. The Balaban J connectivity index is 2.03. The number of nitrogens with zero attached hydrogens (tertiary/aromatic N) is 4. The Morgan fingerprint density at radius 3 is 2.93 bits per heavy atom. The maximum absolute atomic E-state index is 5.20. The molecule has 2 rings (SSSR count). The number of ether oxygens (including phenoxy) is 1. The van der Waals surface area contributed by atoms with Crippen molar-refractivity contribution in [2.24, 2.45) is 0 Å². The molecule has 0 atom stereocenters. The van der Waals surface area contributed by atoms with E-state index in [0.29, 0.717) is 19.0 Å². The van der Waals surface area contributed by atoms with E-state index in [1.54, 1.807) is 25.8 Å². The fraction of sp³-hybridized carbons (Fsp3) is 0.375. The van der Waals surface area contributed by atoms with Crippen molar-refractivity contribution < 1.29 is 9.15 Å². The van der Waals surface area contributed by atoms with Gasteiger partial charge in [-0.3, -0.25) is 0 Å². The second-order valence-corrected chi connectivity index (χ2v) is 2.73. The molecule has 0 spiro atoms. The predicted molar refractivity (Wildman–Crippen MR) is 46.3 cm³/mol.